The summed E-state index contributed by atoms with van der Waals surface area (Å²) in [7, 11) is 0. The summed E-state index contributed by atoms with van der Waals surface area (Å²) >= 11 is 0. The van der Waals surface area contributed by atoms with E-state index < -0.39 is 0 Å². The molecule has 6 nitrogen and oxygen atoms in total. The normalized spacial score (nSPS) is 16.6. The third-order valence-corrected chi connectivity index (χ3v) is 4.40. The lowest BCUT2D eigenvalue weighted by Crippen LogP contribution is -2.36. The summed E-state index contributed by atoms with van der Waals surface area (Å²) in [6.45, 7) is 3.69. The van der Waals surface area contributed by atoms with Crippen molar-refractivity contribution >= 4 is 29.0 Å². The van der Waals surface area contributed by atoms with Crippen LogP contribution >= 0.6 is 0 Å². The highest BCUT2D eigenvalue weighted by Gasteiger charge is 2.30. The van der Waals surface area contributed by atoms with Gasteiger partial charge in [0.2, 0.25) is 5.91 Å². The highest BCUT2D eigenvalue weighted by Crippen LogP contribution is 2.31. The molecule has 1 unspecified atom stereocenters. The van der Waals surface area contributed by atoms with E-state index in [1.54, 1.807) is 47.6 Å². The molecule has 0 spiro atoms. The number of anilines is 2. The maximum Gasteiger partial charge on any atom is 0.258 e. The zero-order valence-corrected chi connectivity index (χ0v) is 14.2. The van der Waals surface area contributed by atoms with E-state index in [0.717, 1.165) is 0 Å². The van der Waals surface area contributed by atoms with Crippen LogP contribution in [0, 0.1) is 5.92 Å². The van der Waals surface area contributed by atoms with Crippen molar-refractivity contribution in [2.75, 3.05) is 16.8 Å². The number of carbonyl (C=O) groups excluding carboxylic acids is 3. The number of Topliss-reactive ketones (excluding diaryl/α,β-unsaturated/α-hetero) is 1. The number of hydrogen-bond donors (Lipinski definition) is 1. The van der Waals surface area contributed by atoms with Crippen LogP contribution in [0.2, 0.25) is 0 Å². The van der Waals surface area contributed by atoms with Crippen LogP contribution in [0.5, 0.6) is 0 Å². The van der Waals surface area contributed by atoms with Gasteiger partial charge >= 0.3 is 0 Å². The molecule has 1 atom stereocenters. The molecule has 0 fully saturated rings. The zero-order chi connectivity index (χ0) is 18.0. The number of pyridine rings is 1. The molecule has 1 N–H and O–H groups in total. The molecule has 0 saturated heterocycles. The third-order valence-electron chi connectivity index (χ3n) is 4.40. The second-order valence-electron chi connectivity index (χ2n) is 6.04. The molecule has 0 bridgehead atoms. The Hall–Kier alpha value is -3.02. The standard InChI is InChI=1S/C19H19N3O3/c1-3-13-11-22(17-10-20-9-8-16(17)21-18(13)24)19(25)15-6-4-14(5-7-15)12(2)23/h4-10,13H,3,11H2,1-2H3,(H,21,24). The molecule has 0 radical (unpaired) electrons. The first-order valence-electron chi connectivity index (χ1n) is 8.19. The number of rotatable bonds is 3. The van der Waals surface area contributed by atoms with E-state index in [0.29, 0.717) is 28.9 Å². The number of hydrogen-bond acceptors (Lipinski definition) is 4. The van der Waals surface area contributed by atoms with Gasteiger partial charge < -0.3 is 10.2 Å². The minimum atomic E-state index is -0.298. The fourth-order valence-corrected chi connectivity index (χ4v) is 2.85. The summed E-state index contributed by atoms with van der Waals surface area (Å²) in [6, 6.07) is 8.23. The maximum absolute atomic E-state index is 13.0. The van der Waals surface area contributed by atoms with Gasteiger partial charge in [-0.25, -0.2) is 0 Å². The predicted molar refractivity (Wildman–Crippen MR) is 94.8 cm³/mol. The van der Waals surface area contributed by atoms with E-state index in [2.05, 4.69) is 10.3 Å². The molecule has 25 heavy (non-hydrogen) atoms. The van der Waals surface area contributed by atoms with Crippen LogP contribution in [0.3, 0.4) is 0 Å². The van der Waals surface area contributed by atoms with Crippen LogP contribution in [-0.2, 0) is 4.79 Å². The molecule has 128 valence electrons. The lowest BCUT2D eigenvalue weighted by atomic mass is 10.0. The first kappa shape index (κ1) is 16.8. The average Bonchev–Trinajstić information content (AvgIpc) is 2.77. The van der Waals surface area contributed by atoms with Gasteiger partial charge in [0.15, 0.2) is 5.78 Å². The first-order valence-corrected chi connectivity index (χ1v) is 8.19. The van der Waals surface area contributed by atoms with Gasteiger partial charge in [-0.05, 0) is 31.5 Å². The topological polar surface area (TPSA) is 79.4 Å². The number of nitrogens with one attached hydrogen (secondary N) is 1. The van der Waals surface area contributed by atoms with Gasteiger partial charge in [0.05, 0.1) is 23.5 Å². The third kappa shape index (κ3) is 3.28. The molecular formula is C19H19N3O3. The molecule has 1 aliphatic rings. The Morgan fingerprint density at radius 1 is 1.20 bits per heavy atom. The Morgan fingerprint density at radius 2 is 1.88 bits per heavy atom. The smallest absolute Gasteiger partial charge is 0.258 e. The van der Waals surface area contributed by atoms with Gasteiger partial charge in [-0.2, -0.15) is 0 Å². The van der Waals surface area contributed by atoms with E-state index >= 15 is 0 Å². The van der Waals surface area contributed by atoms with Crippen LogP contribution < -0.4 is 10.2 Å². The first-order chi connectivity index (χ1) is 12.0. The highest BCUT2D eigenvalue weighted by atomic mass is 16.2. The Kier molecular flexibility index (Phi) is 4.61. The molecule has 2 heterocycles. The number of fused-ring (bicyclic) bond motifs is 1. The van der Waals surface area contributed by atoms with Crippen LogP contribution in [0.15, 0.2) is 42.7 Å². The van der Waals surface area contributed by atoms with Crippen molar-refractivity contribution in [3.63, 3.8) is 0 Å². The van der Waals surface area contributed by atoms with E-state index in [9.17, 15) is 14.4 Å². The summed E-state index contributed by atoms with van der Waals surface area (Å²) in [6.07, 6.45) is 3.78. The quantitative estimate of drug-likeness (QED) is 0.874. The van der Waals surface area contributed by atoms with Gasteiger partial charge in [0.1, 0.15) is 0 Å². The van der Waals surface area contributed by atoms with Gasteiger partial charge in [-0.15, -0.1) is 0 Å². The minimum Gasteiger partial charge on any atom is -0.324 e. The number of nitrogens with zero attached hydrogens (tertiary/aromatic N) is 2. The molecule has 1 aromatic carbocycles. The lowest BCUT2D eigenvalue weighted by molar-refractivity contribution is -0.119. The van der Waals surface area contributed by atoms with Gasteiger partial charge in [0, 0.05) is 23.9 Å². The largest absolute Gasteiger partial charge is 0.324 e. The van der Waals surface area contributed by atoms with E-state index in [4.69, 9.17) is 0 Å². The Balaban J connectivity index is 1.99. The molecule has 1 aliphatic heterocycles. The maximum atomic E-state index is 13.0. The van der Waals surface area contributed by atoms with Crippen molar-refractivity contribution in [2.24, 2.45) is 5.92 Å². The average molecular weight is 337 g/mol. The molecule has 3 rings (SSSR count). The minimum absolute atomic E-state index is 0.0517. The Bertz CT molecular complexity index is 830. The number of ketones is 1. The van der Waals surface area contributed by atoms with Crippen molar-refractivity contribution in [3.8, 4) is 0 Å². The number of carbonyl (C=O) groups is 3. The van der Waals surface area contributed by atoms with Crippen molar-refractivity contribution in [1.82, 2.24) is 4.98 Å². The predicted octanol–water partition coefficient (Wildman–Crippen LogP) is 2.91. The second-order valence-corrected chi connectivity index (χ2v) is 6.04. The fraction of sp³-hybridized carbons (Fsp3) is 0.263. The van der Waals surface area contributed by atoms with Crippen molar-refractivity contribution in [2.45, 2.75) is 20.3 Å². The summed E-state index contributed by atoms with van der Waals surface area (Å²) in [5, 5.41) is 2.87. The van der Waals surface area contributed by atoms with E-state index in [1.165, 1.54) is 6.92 Å². The van der Waals surface area contributed by atoms with Gasteiger partial charge in [-0.1, -0.05) is 19.1 Å². The molecule has 2 amide bonds. The van der Waals surface area contributed by atoms with Gasteiger partial charge in [-0.3, -0.25) is 19.4 Å². The summed E-state index contributed by atoms with van der Waals surface area (Å²) in [4.78, 5) is 42.4. The van der Waals surface area contributed by atoms with Crippen LogP contribution in [0.4, 0.5) is 11.4 Å². The van der Waals surface area contributed by atoms with Crippen molar-refractivity contribution < 1.29 is 14.4 Å². The van der Waals surface area contributed by atoms with Crippen molar-refractivity contribution in [3.05, 3.63) is 53.9 Å². The second kappa shape index (κ2) is 6.84. The van der Waals surface area contributed by atoms with E-state index in [-0.39, 0.29) is 30.1 Å². The lowest BCUT2D eigenvalue weighted by Gasteiger charge is -2.24. The van der Waals surface area contributed by atoms with Crippen LogP contribution in [0.25, 0.3) is 0 Å². The molecule has 0 aliphatic carbocycles. The van der Waals surface area contributed by atoms with E-state index in [1.807, 2.05) is 6.92 Å². The van der Waals surface area contributed by atoms with Crippen LogP contribution in [0.1, 0.15) is 41.0 Å². The van der Waals surface area contributed by atoms with Crippen molar-refractivity contribution in [1.29, 1.82) is 0 Å². The van der Waals surface area contributed by atoms with Gasteiger partial charge in [0.25, 0.3) is 5.91 Å². The molecular weight excluding hydrogens is 318 g/mol. The molecule has 1 aromatic heterocycles. The Labute approximate surface area is 145 Å². The summed E-state index contributed by atoms with van der Waals surface area (Å²) in [5.74, 6) is -0.673. The summed E-state index contributed by atoms with van der Waals surface area (Å²) < 4.78 is 0. The van der Waals surface area contributed by atoms with Crippen LogP contribution in [-0.4, -0.2) is 29.1 Å². The number of benzene rings is 1. The molecule has 6 heteroatoms. The number of aromatic nitrogens is 1. The zero-order valence-electron chi connectivity index (χ0n) is 14.2. The molecule has 0 saturated carbocycles. The fourth-order valence-electron chi connectivity index (χ4n) is 2.85. The Morgan fingerprint density at radius 3 is 2.52 bits per heavy atom. The number of amides is 2. The molecule has 2 aromatic rings. The summed E-state index contributed by atoms with van der Waals surface area (Å²) in [5.41, 5.74) is 2.17. The highest BCUT2D eigenvalue weighted by molar-refractivity contribution is 6.11. The monoisotopic (exact) mass is 337 g/mol. The SMILES string of the molecule is CCC1CN(C(=O)c2ccc(C(C)=O)cc2)c2cnccc2NC1=O.